The number of unbranched alkanes of at least 4 members (excludes halogenated alkanes) is 1. The largest absolute Gasteiger partial charge is 0.394 e. The van der Waals surface area contributed by atoms with E-state index in [4.69, 9.17) is 33.2 Å². The second-order valence-electron chi connectivity index (χ2n) is 26.0. The minimum absolute atomic E-state index is 0.0157. The first-order chi connectivity index (χ1) is 45.2. The van der Waals surface area contributed by atoms with Crippen LogP contribution in [0.25, 0.3) is 0 Å². The van der Waals surface area contributed by atoms with Crippen molar-refractivity contribution in [2.45, 2.75) is 248 Å². The zero-order chi connectivity index (χ0) is 70.2. The summed E-state index contributed by atoms with van der Waals surface area (Å²) in [6, 6.07) is 0. The Balaban J connectivity index is 1.37. The fourth-order valence-corrected chi connectivity index (χ4v) is 12.0. The molecule has 548 valence electrons. The number of rotatable bonds is 46. The van der Waals surface area contributed by atoms with Crippen molar-refractivity contribution in [2.75, 3.05) is 79.0 Å². The van der Waals surface area contributed by atoms with Crippen molar-refractivity contribution < 1.29 is 123 Å². The van der Waals surface area contributed by atoms with Crippen LogP contribution in [0.15, 0.2) is 0 Å². The first-order valence-corrected chi connectivity index (χ1v) is 33.9. The maximum atomic E-state index is 14.1. The topological polar surface area (TPSA) is 476 Å². The molecule has 0 aromatic carbocycles. The molecule has 16 N–H and O–H groups in total. The fourth-order valence-electron chi connectivity index (χ4n) is 12.0. The zero-order valence-corrected chi connectivity index (χ0v) is 56.0. The molecule has 4 aliphatic rings. The van der Waals surface area contributed by atoms with E-state index in [-0.39, 0.29) is 184 Å². The fraction of sp³-hybridized carbons (Fsp3) is 0.875. The van der Waals surface area contributed by atoms with Crippen LogP contribution in [0.5, 0.6) is 0 Å². The monoisotopic (exact) mass is 1360 g/mol. The normalized spacial score (nSPS) is 29.9. The van der Waals surface area contributed by atoms with Gasteiger partial charge in [0.05, 0.1) is 96.0 Å². The van der Waals surface area contributed by atoms with Gasteiger partial charge in [-0.05, 0) is 84.0 Å². The predicted octanol–water partition coefficient (Wildman–Crippen LogP) is -2.72. The lowest BCUT2D eigenvalue weighted by Gasteiger charge is -2.40. The Morgan fingerprint density at radius 2 is 0.821 bits per heavy atom. The molecule has 3 heterocycles. The summed E-state index contributed by atoms with van der Waals surface area (Å²) in [5.74, 6) is -5.24. The smallest absolute Gasteiger partial charge is 0.222 e. The molecule has 4 rings (SSSR count). The Morgan fingerprint density at radius 3 is 1.21 bits per heavy atom. The lowest BCUT2D eigenvalue weighted by Crippen LogP contribution is -2.55. The number of aliphatic hydroxyl groups excluding tert-OH is 10. The van der Waals surface area contributed by atoms with Crippen LogP contribution in [0.1, 0.15) is 157 Å². The van der Waals surface area contributed by atoms with Gasteiger partial charge in [0.1, 0.15) is 48.2 Å². The number of ether oxygens (including phenoxy) is 7. The highest BCUT2D eigenvalue weighted by atomic mass is 16.7. The first-order valence-electron chi connectivity index (χ1n) is 33.9. The van der Waals surface area contributed by atoms with Crippen LogP contribution in [-0.4, -0.2) is 269 Å². The van der Waals surface area contributed by atoms with Gasteiger partial charge < -0.3 is 116 Å². The van der Waals surface area contributed by atoms with E-state index in [1.54, 1.807) is 20.8 Å². The van der Waals surface area contributed by atoms with Gasteiger partial charge in [-0.25, -0.2) is 0 Å². The Morgan fingerprint density at radius 1 is 0.442 bits per heavy atom. The van der Waals surface area contributed by atoms with E-state index >= 15 is 0 Å². The molecule has 31 nitrogen and oxygen atoms in total. The Bertz CT molecular complexity index is 2130. The van der Waals surface area contributed by atoms with Crippen LogP contribution in [-0.2, 0) is 71.5 Å². The van der Waals surface area contributed by atoms with Crippen LogP contribution in [0, 0.1) is 29.6 Å². The molecular weight excluding hydrogens is 1250 g/mol. The number of Topliss-reactive ketones (excluding diaryl/α,β-unsaturated/α-hetero) is 2. The Labute approximate surface area is 556 Å². The third kappa shape index (κ3) is 29.1. The van der Waals surface area contributed by atoms with E-state index in [1.165, 1.54) is 0 Å². The van der Waals surface area contributed by atoms with Crippen LogP contribution < -0.4 is 31.9 Å². The summed E-state index contributed by atoms with van der Waals surface area (Å²) in [5, 5.41) is 117. The molecule has 1 saturated carbocycles. The summed E-state index contributed by atoms with van der Waals surface area (Å²) >= 11 is 0. The minimum Gasteiger partial charge on any atom is -0.394 e. The molecule has 6 amide bonds. The van der Waals surface area contributed by atoms with Crippen molar-refractivity contribution in [1.82, 2.24) is 31.9 Å². The van der Waals surface area contributed by atoms with Crippen LogP contribution in [0.3, 0.4) is 0 Å². The highest BCUT2D eigenvalue weighted by molar-refractivity contribution is 5.84. The highest BCUT2D eigenvalue weighted by Crippen LogP contribution is 2.35. The average molecular weight is 1370 g/mol. The van der Waals surface area contributed by atoms with Crippen molar-refractivity contribution in [3.63, 3.8) is 0 Å². The van der Waals surface area contributed by atoms with Gasteiger partial charge in [-0.3, -0.25) is 38.4 Å². The Kier molecular flexibility index (Phi) is 38.2. The average Bonchev–Trinajstić information content (AvgIpc) is 1.64. The van der Waals surface area contributed by atoms with Gasteiger partial charge in [0.25, 0.3) is 0 Å². The molecular formula is C64H112N6O25. The molecule has 0 spiro atoms. The standard InChI is InChI=1S/C64H112N6O25/c1-37(2)92-36-41-31-43(75)32-44(41)45(76)12-8-13-54(82)70-64(20-14-42(74)11-6-7-23-65-51(79)17-28-89-61-38(3)55(83)58(86)46(33-71)93-61,21-15-49(77)66-24-9-26-68-52(80)18-29-90-62-39(4)56(84)59(87)47(34-72)94-62)22-16-50(78)67-25-10-27-69-53(81)19-30-91-63-40(5)57(85)60(88)48(35-73)95-63/h37-41,43-44,46-48,55-63,71-73,75,83-88H,6-36H2,1-5H3,(H,65,79)(H,66,77)(H,67,78)(H,68,80)(H,69,81)(H,70,82)/t38?,39?,40?,41-,43+,44?,46?,47?,48?,55+,56+,57+,58-,59-,60-,61+,62+,63+,64?/m0/s1. The summed E-state index contributed by atoms with van der Waals surface area (Å²) in [6.45, 7) is 7.87. The third-order valence-electron chi connectivity index (χ3n) is 18.1. The summed E-state index contributed by atoms with van der Waals surface area (Å²) in [6.07, 6.45) is -12.6. The van der Waals surface area contributed by atoms with E-state index in [0.717, 1.165) is 0 Å². The van der Waals surface area contributed by atoms with Crippen molar-refractivity contribution in [3.05, 3.63) is 0 Å². The van der Waals surface area contributed by atoms with Crippen molar-refractivity contribution in [1.29, 1.82) is 0 Å². The van der Waals surface area contributed by atoms with Crippen molar-refractivity contribution >= 4 is 47.0 Å². The summed E-state index contributed by atoms with van der Waals surface area (Å²) in [4.78, 5) is 107. The van der Waals surface area contributed by atoms with Gasteiger partial charge in [-0.2, -0.15) is 0 Å². The maximum absolute atomic E-state index is 14.1. The molecule has 7 unspecified atom stereocenters. The number of hydrogen-bond acceptors (Lipinski definition) is 25. The summed E-state index contributed by atoms with van der Waals surface area (Å²) < 4.78 is 39.3. The molecule has 3 saturated heterocycles. The number of amides is 6. The number of ketones is 2. The van der Waals surface area contributed by atoms with Crippen LogP contribution >= 0.6 is 0 Å². The van der Waals surface area contributed by atoms with Gasteiger partial charge in [-0.15, -0.1) is 0 Å². The number of nitrogens with one attached hydrogen (secondary N) is 6. The Hall–Kier alpha value is -4.52. The summed E-state index contributed by atoms with van der Waals surface area (Å²) in [5.41, 5.74) is -1.31. The second kappa shape index (κ2) is 43.8. The molecule has 4 fully saturated rings. The van der Waals surface area contributed by atoms with Gasteiger partial charge in [0, 0.05) is 100 Å². The number of hydrogen-bond donors (Lipinski definition) is 16. The molecule has 0 aromatic rings. The van der Waals surface area contributed by atoms with Crippen molar-refractivity contribution in [3.8, 4) is 0 Å². The molecule has 1 aliphatic carbocycles. The molecule has 3 aliphatic heterocycles. The lowest BCUT2D eigenvalue weighted by molar-refractivity contribution is -0.282. The van der Waals surface area contributed by atoms with E-state index < -0.39 is 147 Å². The lowest BCUT2D eigenvalue weighted by atomic mass is 9.82. The van der Waals surface area contributed by atoms with Gasteiger partial charge in [0.2, 0.25) is 35.4 Å². The predicted molar refractivity (Wildman–Crippen MR) is 336 cm³/mol. The second-order valence-corrected chi connectivity index (χ2v) is 26.0. The third-order valence-corrected chi connectivity index (χ3v) is 18.1. The van der Waals surface area contributed by atoms with Gasteiger partial charge in [-0.1, -0.05) is 20.8 Å². The van der Waals surface area contributed by atoms with E-state index in [9.17, 15) is 89.4 Å². The molecule has 95 heavy (non-hydrogen) atoms. The van der Waals surface area contributed by atoms with Crippen LogP contribution in [0.4, 0.5) is 0 Å². The van der Waals surface area contributed by atoms with Crippen molar-refractivity contribution in [2.24, 2.45) is 29.6 Å². The molecule has 0 bridgehead atoms. The van der Waals surface area contributed by atoms with E-state index in [2.05, 4.69) is 31.9 Å². The quantitative estimate of drug-likeness (QED) is 0.0275. The van der Waals surface area contributed by atoms with Gasteiger partial charge in [0.15, 0.2) is 18.9 Å². The van der Waals surface area contributed by atoms with Gasteiger partial charge >= 0.3 is 0 Å². The number of aliphatic hydroxyl groups is 10. The molecule has 31 heteroatoms. The maximum Gasteiger partial charge on any atom is 0.222 e. The SMILES string of the molecule is CC(C)OC[C@@H]1C[C@@H](O)CC1C(=O)CCCC(=O)NC(CCC(=O)CCCCNC(=O)CCO[C@@H]1OC(CO)[C@H](O)[C@H](O)C1C)(CCC(=O)NCCCNC(=O)CCO[C@@H]1OC(CO)[C@H](O)[C@H](O)C1C)CCC(=O)NCCCNC(=O)CCO[C@@H]1OC(CO)[C@H](O)[C@H](O)C1C. The zero-order valence-electron chi connectivity index (χ0n) is 56.0. The number of carbonyl (C=O) groups excluding carboxylic acids is 8. The first kappa shape index (κ1) is 82.9. The summed E-state index contributed by atoms with van der Waals surface area (Å²) in [7, 11) is 0. The number of carbonyl (C=O) groups is 8. The highest BCUT2D eigenvalue weighted by Gasteiger charge is 2.45. The van der Waals surface area contributed by atoms with Crippen LogP contribution in [0.2, 0.25) is 0 Å². The molecule has 18 atom stereocenters. The molecule has 0 radical (unpaired) electrons. The van der Waals surface area contributed by atoms with E-state index in [1.807, 2.05) is 13.8 Å². The molecule has 0 aromatic heterocycles. The minimum atomic E-state index is -1.31. The van der Waals surface area contributed by atoms with E-state index in [0.29, 0.717) is 38.7 Å².